The van der Waals surface area contributed by atoms with Gasteiger partial charge in [-0.3, -0.25) is 4.79 Å². The largest absolute Gasteiger partial charge is 0.494 e. The molecule has 0 heterocycles. The minimum Gasteiger partial charge on any atom is -0.494 e. The van der Waals surface area contributed by atoms with Crippen LogP contribution in [0.2, 0.25) is 0 Å². The fourth-order valence-corrected chi connectivity index (χ4v) is 1.66. The number of rotatable bonds is 6. The molecule has 1 aliphatic rings. The molecule has 0 aliphatic heterocycles. The molecule has 1 aromatic rings. The van der Waals surface area contributed by atoms with E-state index in [0.717, 1.165) is 37.3 Å². The summed E-state index contributed by atoms with van der Waals surface area (Å²) in [5.74, 6) is 1.37. The van der Waals surface area contributed by atoms with E-state index in [4.69, 9.17) is 10.5 Å². The third-order valence-electron chi connectivity index (χ3n) is 3.32. The van der Waals surface area contributed by atoms with Crippen molar-refractivity contribution in [3.05, 3.63) is 24.3 Å². The molecule has 20 heavy (non-hydrogen) atoms. The smallest absolute Gasteiger partial charge is 0.244 e. The number of nitrogens with two attached hydrogens (primary N) is 1. The highest BCUT2D eigenvalue weighted by Gasteiger charge is 2.45. The van der Waals surface area contributed by atoms with Gasteiger partial charge in [0, 0.05) is 5.69 Å². The van der Waals surface area contributed by atoms with Gasteiger partial charge in [0.05, 0.1) is 12.1 Å². The zero-order chi connectivity index (χ0) is 13.9. The Kier molecular flexibility index (Phi) is 5.84. The molecule has 1 fully saturated rings. The van der Waals surface area contributed by atoms with Gasteiger partial charge in [-0.2, -0.15) is 0 Å². The summed E-state index contributed by atoms with van der Waals surface area (Å²) in [5.41, 5.74) is 5.95. The highest BCUT2D eigenvalue weighted by Crippen LogP contribution is 2.33. The van der Waals surface area contributed by atoms with Crippen molar-refractivity contribution in [2.75, 3.05) is 11.9 Å². The summed E-state index contributed by atoms with van der Waals surface area (Å²) in [5, 5.41) is 2.83. The molecule has 0 atom stereocenters. The van der Waals surface area contributed by atoms with E-state index in [9.17, 15) is 4.79 Å². The topological polar surface area (TPSA) is 64.3 Å². The van der Waals surface area contributed by atoms with Crippen molar-refractivity contribution in [2.45, 2.75) is 38.6 Å². The minimum atomic E-state index is -0.633. The number of hydrogen-bond donors (Lipinski definition) is 2. The standard InChI is InChI=1S/C15H22N2O2.ClH/c1-11(2)7-10-19-13-5-3-12(4-6-13)17-14(18)15(16)8-9-15;/h3-6,11H,7-10,16H2,1-2H3,(H,17,18);1H. The normalized spacial score (nSPS) is 15.4. The summed E-state index contributed by atoms with van der Waals surface area (Å²) >= 11 is 0. The Hall–Kier alpha value is -1.26. The number of carbonyl (C=O) groups is 1. The zero-order valence-corrected chi connectivity index (χ0v) is 12.8. The molecule has 0 bridgehead atoms. The minimum absolute atomic E-state index is 0. The van der Waals surface area contributed by atoms with Crippen LogP contribution in [0, 0.1) is 5.92 Å². The number of anilines is 1. The van der Waals surface area contributed by atoms with Crippen molar-refractivity contribution in [2.24, 2.45) is 11.7 Å². The molecule has 5 heteroatoms. The van der Waals surface area contributed by atoms with Gasteiger partial charge >= 0.3 is 0 Å². The van der Waals surface area contributed by atoms with Gasteiger partial charge in [-0.05, 0) is 49.4 Å². The Bertz CT molecular complexity index is 442. The molecule has 0 spiro atoms. The number of amides is 1. The van der Waals surface area contributed by atoms with Gasteiger partial charge in [0.25, 0.3) is 0 Å². The number of halogens is 1. The van der Waals surface area contributed by atoms with Crippen LogP contribution in [0.15, 0.2) is 24.3 Å². The second kappa shape index (κ2) is 6.95. The molecule has 0 unspecified atom stereocenters. The average molecular weight is 299 g/mol. The van der Waals surface area contributed by atoms with Gasteiger partial charge in [0.2, 0.25) is 5.91 Å². The van der Waals surface area contributed by atoms with E-state index in [2.05, 4.69) is 19.2 Å². The first kappa shape index (κ1) is 16.8. The molecule has 1 amide bonds. The SMILES string of the molecule is CC(C)CCOc1ccc(NC(=O)C2(N)CC2)cc1.Cl. The molecule has 0 aromatic heterocycles. The Balaban J connectivity index is 0.00000200. The predicted molar refractivity (Wildman–Crippen MR) is 83.4 cm³/mol. The van der Waals surface area contributed by atoms with Crippen molar-refractivity contribution in [1.29, 1.82) is 0 Å². The van der Waals surface area contributed by atoms with Crippen LogP contribution >= 0.6 is 12.4 Å². The number of ether oxygens (including phenoxy) is 1. The molecular formula is C15H23ClN2O2. The quantitative estimate of drug-likeness (QED) is 0.848. The summed E-state index contributed by atoms with van der Waals surface area (Å²) in [6.45, 7) is 5.06. The number of nitrogens with one attached hydrogen (secondary N) is 1. The van der Waals surface area contributed by atoms with Gasteiger partial charge in [-0.25, -0.2) is 0 Å². The molecule has 1 aliphatic carbocycles. The molecule has 0 saturated heterocycles. The van der Waals surface area contributed by atoms with E-state index in [1.165, 1.54) is 0 Å². The van der Waals surface area contributed by atoms with Crippen molar-refractivity contribution in [1.82, 2.24) is 0 Å². The maximum atomic E-state index is 11.8. The molecule has 4 nitrogen and oxygen atoms in total. The van der Waals surface area contributed by atoms with E-state index in [-0.39, 0.29) is 18.3 Å². The Morgan fingerprint density at radius 2 is 1.95 bits per heavy atom. The van der Waals surface area contributed by atoms with E-state index >= 15 is 0 Å². The van der Waals surface area contributed by atoms with Gasteiger partial charge < -0.3 is 15.8 Å². The first-order valence-corrected chi connectivity index (χ1v) is 6.83. The Labute approximate surface area is 126 Å². The van der Waals surface area contributed by atoms with Gasteiger partial charge in [0.15, 0.2) is 0 Å². The van der Waals surface area contributed by atoms with Crippen LogP contribution in [0.5, 0.6) is 5.75 Å². The Morgan fingerprint density at radius 3 is 2.45 bits per heavy atom. The average Bonchev–Trinajstić information content (AvgIpc) is 3.10. The van der Waals surface area contributed by atoms with Crippen molar-refractivity contribution in [3.63, 3.8) is 0 Å². The summed E-state index contributed by atoms with van der Waals surface area (Å²) in [6, 6.07) is 7.42. The molecular weight excluding hydrogens is 276 g/mol. The number of benzene rings is 1. The molecule has 1 aromatic carbocycles. The maximum absolute atomic E-state index is 11.8. The van der Waals surface area contributed by atoms with E-state index < -0.39 is 5.54 Å². The lowest BCUT2D eigenvalue weighted by atomic mass is 10.1. The second-order valence-corrected chi connectivity index (χ2v) is 5.67. The Morgan fingerprint density at radius 1 is 1.35 bits per heavy atom. The second-order valence-electron chi connectivity index (χ2n) is 5.67. The van der Waals surface area contributed by atoms with Crippen molar-refractivity contribution >= 4 is 24.0 Å². The van der Waals surface area contributed by atoms with Gasteiger partial charge in [-0.15, -0.1) is 12.4 Å². The zero-order valence-electron chi connectivity index (χ0n) is 12.0. The van der Waals surface area contributed by atoms with Crippen LogP contribution in [0.1, 0.15) is 33.1 Å². The van der Waals surface area contributed by atoms with Gasteiger partial charge in [-0.1, -0.05) is 13.8 Å². The van der Waals surface area contributed by atoms with Crippen LogP contribution in [-0.4, -0.2) is 18.1 Å². The fraction of sp³-hybridized carbons (Fsp3) is 0.533. The lowest BCUT2D eigenvalue weighted by Gasteiger charge is -2.11. The summed E-state index contributed by atoms with van der Waals surface area (Å²) in [6.07, 6.45) is 2.58. The number of carbonyl (C=O) groups excluding carboxylic acids is 1. The fourth-order valence-electron chi connectivity index (χ4n) is 1.66. The number of hydrogen-bond acceptors (Lipinski definition) is 3. The third kappa shape index (κ3) is 4.69. The van der Waals surface area contributed by atoms with Crippen LogP contribution in [0.25, 0.3) is 0 Å². The summed E-state index contributed by atoms with van der Waals surface area (Å²) in [7, 11) is 0. The van der Waals surface area contributed by atoms with Crippen LogP contribution in [0.3, 0.4) is 0 Å². The van der Waals surface area contributed by atoms with E-state index in [0.29, 0.717) is 5.92 Å². The summed E-state index contributed by atoms with van der Waals surface area (Å²) < 4.78 is 5.62. The monoisotopic (exact) mass is 298 g/mol. The highest BCUT2D eigenvalue weighted by atomic mass is 35.5. The lowest BCUT2D eigenvalue weighted by Crippen LogP contribution is -2.37. The maximum Gasteiger partial charge on any atom is 0.244 e. The van der Waals surface area contributed by atoms with Gasteiger partial charge in [0.1, 0.15) is 5.75 Å². The molecule has 2 rings (SSSR count). The molecule has 0 radical (unpaired) electrons. The van der Waals surface area contributed by atoms with Crippen LogP contribution in [0.4, 0.5) is 5.69 Å². The van der Waals surface area contributed by atoms with Crippen LogP contribution in [-0.2, 0) is 4.79 Å². The highest BCUT2D eigenvalue weighted by molar-refractivity contribution is 6.00. The van der Waals surface area contributed by atoms with Crippen molar-refractivity contribution < 1.29 is 9.53 Å². The first-order chi connectivity index (χ1) is 8.99. The third-order valence-corrected chi connectivity index (χ3v) is 3.32. The molecule has 112 valence electrons. The van der Waals surface area contributed by atoms with Crippen LogP contribution < -0.4 is 15.8 Å². The predicted octanol–water partition coefficient (Wildman–Crippen LogP) is 2.96. The van der Waals surface area contributed by atoms with Crippen molar-refractivity contribution in [3.8, 4) is 5.75 Å². The van der Waals surface area contributed by atoms with E-state index in [1.54, 1.807) is 0 Å². The molecule has 3 N–H and O–H groups in total. The lowest BCUT2D eigenvalue weighted by molar-refractivity contribution is -0.118. The van der Waals surface area contributed by atoms with E-state index in [1.807, 2.05) is 24.3 Å². The molecule has 1 saturated carbocycles. The summed E-state index contributed by atoms with van der Waals surface area (Å²) in [4.78, 5) is 11.8. The first-order valence-electron chi connectivity index (χ1n) is 6.83.